The normalized spacial score (nSPS) is 12.2. The van der Waals surface area contributed by atoms with Crippen LogP contribution in [0.3, 0.4) is 0 Å². The second kappa shape index (κ2) is 6.56. The molecule has 21 heavy (non-hydrogen) atoms. The van der Waals surface area contributed by atoms with Gasteiger partial charge in [0.05, 0.1) is 5.75 Å². The monoisotopic (exact) mass is 297 g/mol. The molecule has 0 aliphatic rings. The van der Waals surface area contributed by atoms with E-state index < -0.39 is 0 Å². The van der Waals surface area contributed by atoms with E-state index in [0.29, 0.717) is 17.5 Å². The van der Waals surface area contributed by atoms with Gasteiger partial charge in [0.15, 0.2) is 5.82 Å². The molecule has 3 aromatic rings. The highest BCUT2D eigenvalue weighted by Gasteiger charge is 2.16. The van der Waals surface area contributed by atoms with Gasteiger partial charge < -0.3 is 10.3 Å². The molecule has 1 heterocycles. The van der Waals surface area contributed by atoms with Crippen LogP contribution in [0.2, 0.25) is 0 Å². The minimum atomic E-state index is -0.380. The summed E-state index contributed by atoms with van der Waals surface area (Å²) in [6.07, 6.45) is 0. The summed E-state index contributed by atoms with van der Waals surface area (Å²) in [5, 5.41) is 3.99. The molecule has 0 aliphatic carbocycles. The van der Waals surface area contributed by atoms with Gasteiger partial charge in [-0.1, -0.05) is 53.7 Å². The van der Waals surface area contributed by atoms with Crippen LogP contribution in [-0.2, 0) is 5.75 Å². The Balaban J connectivity index is 1.66. The number of rotatable bonds is 5. The van der Waals surface area contributed by atoms with E-state index in [0.717, 1.165) is 5.56 Å². The Morgan fingerprint density at radius 2 is 1.67 bits per heavy atom. The lowest BCUT2D eigenvalue weighted by molar-refractivity contribution is 0.363. The summed E-state index contributed by atoms with van der Waals surface area (Å²) in [5.74, 6) is 1.77. The lowest BCUT2D eigenvalue weighted by Crippen LogP contribution is -2.12. The molecule has 1 atom stereocenters. The number of nitrogens with two attached hydrogens (primary N) is 1. The van der Waals surface area contributed by atoms with Crippen LogP contribution in [0, 0.1) is 0 Å². The zero-order valence-electron chi connectivity index (χ0n) is 11.3. The maximum absolute atomic E-state index is 6.13. The molecule has 0 bridgehead atoms. The number of benzene rings is 2. The van der Waals surface area contributed by atoms with Gasteiger partial charge in [0.1, 0.15) is 6.04 Å². The molecule has 0 amide bonds. The number of nitrogens with zero attached hydrogens (tertiary/aromatic N) is 2. The standard InChI is InChI=1S/C16H15N3OS/c17-15(12-7-3-1-4-8-12)16-18-14(19-20-16)11-21-13-9-5-2-6-10-13/h1-10,15H,11,17H2/t15-/m0/s1. The molecule has 2 aromatic carbocycles. The number of thioether (sulfide) groups is 1. The molecular weight excluding hydrogens is 282 g/mol. The topological polar surface area (TPSA) is 64.9 Å². The van der Waals surface area contributed by atoms with Crippen molar-refractivity contribution in [3.63, 3.8) is 0 Å². The first kappa shape index (κ1) is 13.9. The minimum Gasteiger partial charge on any atom is -0.337 e. The van der Waals surface area contributed by atoms with Gasteiger partial charge in [-0.2, -0.15) is 4.98 Å². The molecule has 5 heteroatoms. The van der Waals surface area contributed by atoms with Gasteiger partial charge >= 0.3 is 0 Å². The first-order valence-corrected chi connectivity index (χ1v) is 7.62. The Morgan fingerprint density at radius 1 is 1.00 bits per heavy atom. The van der Waals surface area contributed by atoms with Gasteiger partial charge in [0.2, 0.25) is 5.89 Å². The van der Waals surface area contributed by atoms with Crippen molar-refractivity contribution >= 4 is 11.8 Å². The van der Waals surface area contributed by atoms with E-state index in [4.69, 9.17) is 10.3 Å². The largest absolute Gasteiger partial charge is 0.337 e. The van der Waals surface area contributed by atoms with Crippen molar-refractivity contribution in [3.05, 3.63) is 77.9 Å². The quantitative estimate of drug-likeness (QED) is 0.731. The molecule has 106 valence electrons. The fourth-order valence-corrected chi connectivity index (χ4v) is 2.68. The SMILES string of the molecule is N[C@@H](c1ccccc1)c1nc(CSc2ccccc2)no1. The zero-order valence-corrected chi connectivity index (χ0v) is 12.2. The van der Waals surface area contributed by atoms with Crippen molar-refractivity contribution in [2.75, 3.05) is 0 Å². The maximum atomic E-state index is 6.13. The third-order valence-corrected chi connectivity index (χ3v) is 4.03. The third kappa shape index (κ3) is 3.51. The summed E-state index contributed by atoms with van der Waals surface area (Å²) in [6.45, 7) is 0. The molecule has 4 nitrogen and oxygen atoms in total. The van der Waals surface area contributed by atoms with Crippen LogP contribution in [0.25, 0.3) is 0 Å². The molecule has 0 radical (unpaired) electrons. The van der Waals surface area contributed by atoms with Crippen molar-refractivity contribution in [1.29, 1.82) is 0 Å². The first-order chi connectivity index (χ1) is 10.3. The van der Waals surface area contributed by atoms with E-state index in [2.05, 4.69) is 22.3 Å². The molecule has 0 saturated carbocycles. The summed E-state index contributed by atoms with van der Waals surface area (Å²) in [7, 11) is 0. The van der Waals surface area contributed by atoms with Gasteiger partial charge in [0, 0.05) is 4.90 Å². The Labute approximate surface area is 127 Å². The summed E-state index contributed by atoms with van der Waals surface area (Å²) in [4.78, 5) is 5.56. The molecule has 0 spiro atoms. The second-order valence-electron chi connectivity index (χ2n) is 4.54. The predicted octanol–water partition coefficient (Wildman–Crippen LogP) is 3.41. The van der Waals surface area contributed by atoms with Crippen molar-refractivity contribution in [1.82, 2.24) is 10.1 Å². The van der Waals surface area contributed by atoms with Gasteiger partial charge in [-0.15, -0.1) is 11.8 Å². The average molecular weight is 297 g/mol. The minimum absolute atomic E-state index is 0.380. The zero-order chi connectivity index (χ0) is 14.5. The Hall–Kier alpha value is -2.11. The van der Waals surface area contributed by atoms with Crippen LogP contribution in [0.4, 0.5) is 0 Å². The van der Waals surface area contributed by atoms with E-state index in [9.17, 15) is 0 Å². The van der Waals surface area contributed by atoms with Crippen LogP contribution in [0.15, 0.2) is 70.1 Å². The van der Waals surface area contributed by atoms with Gasteiger partial charge in [-0.05, 0) is 17.7 Å². The summed E-state index contributed by atoms with van der Waals surface area (Å²) in [6, 6.07) is 19.5. The smallest absolute Gasteiger partial charge is 0.248 e. The summed E-state index contributed by atoms with van der Waals surface area (Å²) in [5.41, 5.74) is 7.10. The number of hydrogen-bond donors (Lipinski definition) is 1. The fraction of sp³-hybridized carbons (Fsp3) is 0.125. The van der Waals surface area contributed by atoms with Crippen molar-refractivity contribution < 1.29 is 4.52 Å². The second-order valence-corrected chi connectivity index (χ2v) is 5.59. The molecule has 0 aliphatic heterocycles. The van der Waals surface area contributed by atoms with Crippen LogP contribution >= 0.6 is 11.8 Å². The predicted molar refractivity (Wildman–Crippen MR) is 82.8 cm³/mol. The first-order valence-electron chi connectivity index (χ1n) is 6.64. The maximum Gasteiger partial charge on any atom is 0.248 e. The van der Waals surface area contributed by atoms with E-state index >= 15 is 0 Å². The molecule has 0 unspecified atom stereocenters. The Morgan fingerprint density at radius 3 is 2.38 bits per heavy atom. The van der Waals surface area contributed by atoms with Gasteiger partial charge in [-0.25, -0.2) is 0 Å². The van der Waals surface area contributed by atoms with Crippen molar-refractivity contribution in [2.24, 2.45) is 5.73 Å². The molecule has 0 saturated heterocycles. The lowest BCUT2D eigenvalue weighted by Gasteiger charge is -2.05. The van der Waals surface area contributed by atoms with Crippen molar-refractivity contribution in [2.45, 2.75) is 16.7 Å². The Bertz CT molecular complexity index is 685. The van der Waals surface area contributed by atoms with E-state index in [1.807, 2.05) is 48.5 Å². The highest BCUT2D eigenvalue weighted by Crippen LogP contribution is 2.22. The molecule has 1 aromatic heterocycles. The third-order valence-electron chi connectivity index (χ3n) is 3.02. The van der Waals surface area contributed by atoms with Crippen molar-refractivity contribution in [3.8, 4) is 0 Å². The fourth-order valence-electron chi connectivity index (χ4n) is 1.92. The van der Waals surface area contributed by atoms with Crippen LogP contribution in [0.5, 0.6) is 0 Å². The van der Waals surface area contributed by atoms with Crippen LogP contribution in [0.1, 0.15) is 23.3 Å². The Kier molecular flexibility index (Phi) is 4.33. The van der Waals surface area contributed by atoms with E-state index in [1.165, 1.54) is 4.90 Å². The van der Waals surface area contributed by atoms with E-state index in [1.54, 1.807) is 11.8 Å². The summed E-state index contributed by atoms with van der Waals surface area (Å²) < 4.78 is 5.27. The van der Waals surface area contributed by atoms with Crippen LogP contribution in [-0.4, -0.2) is 10.1 Å². The molecular formula is C16H15N3OS. The molecule has 2 N–H and O–H groups in total. The van der Waals surface area contributed by atoms with E-state index in [-0.39, 0.29) is 6.04 Å². The van der Waals surface area contributed by atoms with Crippen LogP contribution < -0.4 is 5.73 Å². The average Bonchev–Trinajstić information content (AvgIpc) is 3.03. The highest BCUT2D eigenvalue weighted by molar-refractivity contribution is 7.98. The van der Waals surface area contributed by atoms with Gasteiger partial charge in [0.25, 0.3) is 0 Å². The lowest BCUT2D eigenvalue weighted by atomic mass is 10.1. The number of hydrogen-bond acceptors (Lipinski definition) is 5. The summed E-state index contributed by atoms with van der Waals surface area (Å²) >= 11 is 1.67. The van der Waals surface area contributed by atoms with Gasteiger partial charge in [-0.3, -0.25) is 0 Å². The highest BCUT2D eigenvalue weighted by atomic mass is 32.2. The number of aromatic nitrogens is 2. The molecule has 0 fully saturated rings. The molecule has 3 rings (SSSR count).